The Morgan fingerprint density at radius 1 is 1.33 bits per heavy atom. The van der Waals surface area contributed by atoms with Crippen LogP contribution in [0.25, 0.3) is 0 Å². The van der Waals surface area contributed by atoms with Gasteiger partial charge in [-0.2, -0.15) is 0 Å². The van der Waals surface area contributed by atoms with Crippen molar-refractivity contribution in [2.75, 3.05) is 13.6 Å². The zero-order valence-electron chi connectivity index (χ0n) is 11.8. The molecule has 18 heavy (non-hydrogen) atoms. The van der Waals surface area contributed by atoms with E-state index in [2.05, 4.69) is 5.32 Å². The topological polar surface area (TPSA) is 89.8 Å². The highest BCUT2D eigenvalue weighted by Crippen LogP contribution is 2.24. The molecule has 0 aromatic heterocycles. The lowest BCUT2D eigenvalue weighted by molar-refractivity contribution is -0.118. The van der Waals surface area contributed by atoms with Gasteiger partial charge in [0, 0.05) is 12.3 Å². The van der Waals surface area contributed by atoms with Crippen LogP contribution in [0, 0.1) is 11.8 Å². The number of carbonyl (C=O) groups is 1. The van der Waals surface area contributed by atoms with Gasteiger partial charge in [0.2, 0.25) is 0 Å². The lowest BCUT2D eigenvalue weighted by atomic mass is 9.84. The minimum Gasteiger partial charge on any atom is -0.392 e. The van der Waals surface area contributed by atoms with Crippen molar-refractivity contribution in [3.05, 3.63) is 0 Å². The van der Waals surface area contributed by atoms with Crippen LogP contribution in [0.4, 0.5) is 0 Å². The van der Waals surface area contributed by atoms with Gasteiger partial charge in [0.1, 0.15) is 6.29 Å². The van der Waals surface area contributed by atoms with Gasteiger partial charge in [-0.25, -0.2) is 0 Å². The summed E-state index contributed by atoms with van der Waals surface area (Å²) in [5.74, 6) is -0.328. The molecule has 108 valence electrons. The normalized spacial score (nSPS) is 21.7. The molecule has 0 rings (SSSR count). The largest absolute Gasteiger partial charge is 0.392 e. The van der Waals surface area contributed by atoms with Crippen molar-refractivity contribution in [3.63, 3.8) is 0 Å². The predicted molar refractivity (Wildman–Crippen MR) is 70.2 cm³/mol. The lowest BCUT2D eigenvalue weighted by Gasteiger charge is -2.33. The van der Waals surface area contributed by atoms with Crippen LogP contribution in [-0.2, 0) is 4.79 Å². The molecule has 0 aliphatic carbocycles. The second-order valence-electron chi connectivity index (χ2n) is 5.54. The van der Waals surface area contributed by atoms with E-state index in [0.717, 1.165) is 6.54 Å². The smallest absolute Gasteiger partial charge is 0.125 e. The van der Waals surface area contributed by atoms with Crippen molar-refractivity contribution in [2.45, 2.75) is 51.4 Å². The molecular formula is C13H27NO4. The minimum atomic E-state index is -1.26. The third-order valence-corrected chi connectivity index (χ3v) is 3.32. The minimum absolute atomic E-state index is 0.000813. The molecular weight excluding hydrogens is 234 g/mol. The van der Waals surface area contributed by atoms with E-state index in [4.69, 9.17) is 0 Å². The van der Waals surface area contributed by atoms with E-state index in [1.807, 2.05) is 14.0 Å². The number of aldehydes is 1. The number of aliphatic hydroxyl groups excluding tert-OH is 2. The maximum atomic E-state index is 10.5. The summed E-state index contributed by atoms with van der Waals surface area (Å²) in [6, 6.07) is 0. The maximum absolute atomic E-state index is 10.5. The molecule has 0 amide bonds. The Labute approximate surface area is 109 Å². The Balaban J connectivity index is 4.36. The lowest BCUT2D eigenvalue weighted by Crippen LogP contribution is -2.44. The summed E-state index contributed by atoms with van der Waals surface area (Å²) >= 11 is 0. The van der Waals surface area contributed by atoms with Gasteiger partial charge in [-0.1, -0.05) is 13.8 Å². The fourth-order valence-corrected chi connectivity index (χ4v) is 2.05. The van der Waals surface area contributed by atoms with Crippen LogP contribution >= 0.6 is 0 Å². The Bertz CT molecular complexity index is 245. The first-order chi connectivity index (χ1) is 8.24. The first-order valence-electron chi connectivity index (χ1n) is 6.43. The molecule has 0 saturated heterocycles. The van der Waals surface area contributed by atoms with Crippen molar-refractivity contribution < 1.29 is 20.1 Å². The molecule has 0 spiro atoms. The number of nitrogens with one attached hydrogen (secondary N) is 1. The summed E-state index contributed by atoms with van der Waals surface area (Å²) < 4.78 is 0. The van der Waals surface area contributed by atoms with Crippen LogP contribution in [-0.4, -0.2) is 53.0 Å². The Morgan fingerprint density at radius 3 is 2.33 bits per heavy atom. The summed E-state index contributed by atoms with van der Waals surface area (Å²) in [5, 5.41) is 32.9. The van der Waals surface area contributed by atoms with E-state index in [1.165, 1.54) is 0 Å². The molecule has 0 aliphatic heterocycles. The van der Waals surface area contributed by atoms with Crippen molar-refractivity contribution in [1.29, 1.82) is 0 Å². The quantitative estimate of drug-likeness (QED) is 0.436. The summed E-state index contributed by atoms with van der Waals surface area (Å²) in [6.45, 7) is 5.86. The Kier molecular flexibility index (Phi) is 7.62. The molecule has 4 N–H and O–H groups in total. The van der Waals surface area contributed by atoms with E-state index in [1.54, 1.807) is 13.8 Å². The highest BCUT2D eigenvalue weighted by molar-refractivity contribution is 5.53. The third-order valence-electron chi connectivity index (χ3n) is 3.32. The fraction of sp³-hybridized carbons (Fsp3) is 0.923. The van der Waals surface area contributed by atoms with Crippen LogP contribution in [0.5, 0.6) is 0 Å². The molecule has 0 aliphatic rings. The van der Waals surface area contributed by atoms with Crippen LogP contribution < -0.4 is 5.32 Å². The Morgan fingerprint density at radius 2 is 1.89 bits per heavy atom. The molecule has 0 saturated carbocycles. The number of carbonyl (C=O) groups excluding carboxylic acids is 1. The summed E-state index contributed by atoms with van der Waals surface area (Å²) in [7, 11) is 1.83. The number of rotatable bonds is 9. The van der Waals surface area contributed by atoms with Crippen molar-refractivity contribution in [2.24, 2.45) is 11.8 Å². The first kappa shape index (κ1) is 17.5. The predicted octanol–water partition coefficient (Wildman–Crippen LogP) is -0.0701. The second-order valence-corrected chi connectivity index (χ2v) is 5.54. The van der Waals surface area contributed by atoms with Crippen molar-refractivity contribution in [3.8, 4) is 0 Å². The molecule has 0 heterocycles. The van der Waals surface area contributed by atoms with Gasteiger partial charge >= 0.3 is 0 Å². The van der Waals surface area contributed by atoms with E-state index in [-0.39, 0.29) is 12.3 Å². The van der Waals surface area contributed by atoms with Gasteiger partial charge in [-0.15, -0.1) is 0 Å². The standard InChI is InChI=1S/C13H27NO4/c1-9(7-14-4)6-13(3,18)12(17)5-11(16)10(2)8-15/h8-12,14,16-18H,5-7H2,1-4H3/t9-,10?,11+,12-,13-/m1/s1. The van der Waals surface area contributed by atoms with E-state index in [9.17, 15) is 20.1 Å². The van der Waals surface area contributed by atoms with Crippen LogP contribution in [0.1, 0.15) is 33.6 Å². The molecule has 0 aromatic carbocycles. The SMILES string of the molecule is CNC[C@H](C)C[C@@](C)(O)[C@H](O)C[C@H](O)C(C)C=O. The molecule has 0 radical (unpaired) electrons. The number of aliphatic hydroxyl groups is 3. The fourth-order valence-electron chi connectivity index (χ4n) is 2.05. The molecule has 1 unspecified atom stereocenters. The number of hydrogen-bond acceptors (Lipinski definition) is 5. The zero-order chi connectivity index (χ0) is 14.3. The average Bonchev–Trinajstić information content (AvgIpc) is 2.27. The molecule has 0 aromatic rings. The van der Waals surface area contributed by atoms with E-state index < -0.39 is 23.7 Å². The molecule has 5 heteroatoms. The summed E-state index contributed by atoms with van der Waals surface area (Å²) in [6.07, 6.45) is -0.899. The second kappa shape index (κ2) is 7.84. The summed E-state index contributed by atoms with van der Waals surface area (Å²) in [4.78, 5) is 10.5. The first-order valence-corrected chi connectivity index (χ1v) is 6.43. The van der Waals surface area contributed by atoms with E-state index in [0.29, 0.717) is 12.7 Å². The zero-order valence-corrected chi connectivity index (χ0v) is 11.8. The van der Waals surface area contributed by atoms with Crippen LogP contribution in [0.2, 0.25) is 0 Å². The van der Waals surface area contributed by atoms with Crippen molar-refractivity contribution in [1.82, 2.24) is 5.32 Å². The third kappa shape index (κ3) is 5.91. The van der Waals surface area contributed by atoms with Gasteiger partial charge in [-0.05, 0) is 32.9 Å². The molecule has 5 atom stereocenters. The van der Waals surface area contributed by atoms with Gasteiger partial charge < -0.3 is 25.4 Å². The average molecular weight is 261 g/mol. The van der Waals surface area contributed by atoms with Crippen molar-refractivity contribution >= 4 is 6.29 Å². The Hall–Kier alpha value is -0.490. The summed E-state index contributed by atoms with van der Waals surface area (Å²) in [5.41, 5.74) is -1.26. The maximum Gasteiger partial charge on any atom is 0.125 e. The van der Waals surface area contributed by atoms with Crippen LogP contribution in [0.15, 0.2) is 0 Å². The van der Waals surface area contributed by atoms with Gasteiger partial charge in [0.05, 0.1) is 17.8 Å². The monoisotopic (exact) mass is 261 g/mol. The van der Waals surface area contributed by atoms with E-state index >= 15 is 0 Å². The van der Waals surface area contributed by atoms with Gasteiger partial charge in [0.25, 0.3) is 0 Å². The van der Waals surface area contributed by atoms with Crippen LogP contribution in [0.3, 0.4) is 0 Å². The van der Waals surface area contributed by atoms with Gasteiger partial charge in [0.15, 0.2) is 0 Å². The highest BCUT2D eigenvalue weighted by Gasteiger charge is 2.34. The molecule has 0 fully saturated rings. The highest BCUT2D eigenvalue weighted by atomic mass is 16.3. The molecule has 0 bridgehead atoms. The van der Waals surface area contributed by atoms with Gasteiger partial charge in [-0.3, -0.25) is 0 Å². The number of hydrogen-bond donors (Lipinski definition) is 4. The molecule has 5 nitrogen and oxygen atoms in total.